The van der Waals surface area contributed by atoms with E-state index < -0.39 is 0 Å². The van der Waals surface area contributed by atoms with Crippen LogP contribution in [0.25, 0.3) is 32.3 Å². The second kappa shape index (κ2) is 22.6. The molecule has 0 aliphatic carbocycles. The van der Waals surface area contributed by atoms with Gasteiger partial charge in [0.2, 0.25) is 0 Å². The van der Waals surface area contributed by atoms with Crippen LogP contribution in [0.15, 0.2) is 36.4 Å². The first kappa shape index (κ1) is 38.7. The molecule has 0 atom stereocenters. The lowest BCUT2D eigenvalue weighted by atomic mass is 9.83. The minimum Gasteiger partial charge on any atom is -0.0654 e. The molecule has 4 aromatic rings. The van der Waals surface area contributed by atoms with Crippen LogP contribution >= 0.6 is 0 Å². The molecule has 0 aliphatic rings. The molecule has 0 saturated carbocycles. The SMILES string of the molecule is CCCCCCCCc1cc(CCCCCCCC)c2ccc3c(CCCCCCCC)cc(CCCCCCCC)c4ccc1c2c43. The van der Waals surface area contributed by atoms with Crippen LogP contribution in [-0.4, -0.2) is 0 Å². The van der Waals surface area contributed by atoms with Crippen LogP contribution in [0.2, 0.25) is 0 Å². The van der Waals surface area contributed by atoms with Gasteiger partial charge in [-0.25, -0.2) is 0 Å². The van der Waals surface area contributed by atoms with Crippen molar-refractivity contribution >= 4 is 32.3 Å². The zero-order valence-corrected chi connectivity index (χ0v) is 32.3. The largest absolute Gasteiger partial charge is 0.0654 e. The van der Waals surface area contributed by atoms with Crippen LogP contribution in [-0.2, 0) is 25.7 Å². The van der Waals surface area contributed by atoms with Crippen molar-refractivity contribution < 1.29 is 0 Å². The fourth-order valence-corrected chi connectivity index (χ4v) is 8.51. The summed E-state index contributed by atoms with van der Waals surface area (Å²) in [6.07, 6.45) is 37.9. The molecule has 0 radical (unpaired) electrons. The van der Waals surface area contributed by atoms with Crippen molar-refractivity contribution in [1.29, 1.82) is 0 Å². The lowest BCUT2D eigenvalue weighted by molar-refractivity contribution is 0.605. The Morgan fingerprint density at radius 2 is 0.479 bits per heavy atom. The van der Waals surface area contributed by atoms with Gasteiger partial charge in [-0.3, -0.25) is 0 Å². The first-order chi connectivity index (χ1) is 23.7. The maximum absolute atomic E-state index is 2.66. The van der Waals surface area contributed by atoms with Crippen molar-refractivity contribution in [3.8, 4) is 0 Å². The summed E-state index contributed by atoms with van der Waals surface area (Å²) in [5, 5.41) is 9.47. The highest BCUT2D eigenvalue weighted by Crippen LogP contribution is 2.42. The summed E-state index contributed by atoms with van der Waals surface area (Å²) in [6.45, 7) is 9.31. The Kier molecular flexibility index (Phi) is 18.2. The van der Waals surface area contributed by atoms with Crippen LogP contribution in [0, 0.1) is 0 Å². The monoisotopic (exact) mass is 651 g/mol. The molecule has 48 heavy (non-hydrogen) atoms. The highest BCUT2D eigenvalue weighted by molar-refractivity contribution is 6.25. The summed E-state index contributed by atoms with van der Waals surface area (Å²) in [7, 11) is 0. The molecule has 266 valence electrons. The van der Waals surface area contributed by atoms with Crippen LogP contribution in [0.1, 0.15) is 204 Å². The number of hydrogen-bond donors (Lipinski definition) is 0. The topological polar surface area (TPSA) is 0 Å². The average molecular weight is 651 g/mol. The van der Waals surface area contributed by atoms with Crippen molar-refractivity contribution in [2.24, 2.45) is 0 Å². The summed E-state index contributed by atoms with van der Waals surface area (Å²) in [5.41, 5.74) is 6.53. The number of benzene rings is 4. The summed E-state index contributed by atoms with van der Waals surface area (Å²) in [4.78, 5) is 0. The molecule has 0 N–H and O–H groups in total. The van der Waals surface area contributed by atoms with Crippen LogP contribution < -0.4 is 0 Å². The lowest BCUT2D eigenvalue weighted by Crippen LogP contribution is -2.00. The van der Waals surface area contributed by atoms with Gasteiger partial charge in [-0.2, -0.15) is 0 Å². The molecule has 0 bridgehead atoms. The Bertz CT molecular complexity index is 1210. The molecule has 4 rings (SSSR count). The molecular formula is C48H74. The molecule has 0 heteroatoms. The maximum atomic E-state index is 2.66. The molecular weight excluding hydrogens is 577 g/mol. The number of rotatable bonds is 28. The Morgan fingerprint density at radius 1 is 0.271 bits per heavy atom. The fraction of sp³-hybridized carbons (Fsp3) is 0.667. The van der Waals surface area contributed by atoms with Crippen LogP contribution in [0.5, 0.6) is 0 Å². The Labute approximate surface area is 297 Å². The Morgan fingerprint density at radius 3 is 0.708 bits per heavy atom. The quantitative estimate of drug-likeness (QED) is 0.0424. The van der Waals surface area contributed by atoms with Crippen molar-refractivity contribution in [3.05, 3.63) is 58.7 Å². The van der Waals surface area contributed by atoms with E-state index in [2.05, 4.69) is 64.1 Å². The molecule has 0 aromatic heterocycles. The molecule has 0 aliphatic heterocycles. The first-order valence-corrected chi connectivity index (χ1v) is 21.5. The minimum absolute atomic E-state index is 1.24. The third-order valence-corrected chi connectivity index (χ3v) is 11.4. The van der Waals surface area contributed by atoms with Crippen LogP contribution in [0.4, 0.5) is 0 Å². The second-order valence-corrected chi connectivity index (χ2v) is 15.5. The highest BCUT2D eigenvalue weighted by Gasteiger charge is 2.18. The number of aryl methyl sites for hydroxylation is 4. The van der Waals surface area contributed by atoms with Gasteiger partial charge in [-0.15, -0.1) is 0 Å². The zero-order chi connectivity index (χ0) is 33.8. The van der Waals surface area contributed by atoms with Crippen molar-refractivity contribution in [3.63, 3.8) is 0 Å². The van der Waals surface area contributed by atoms with Gasteiger partial charge >= 0.3 is 0 Å². The van der Waals surface area contributed by atoms with E-state index in [-0.39, 0.29) is 0 Å². The zero-order valence-electron chi connectivity index (χ0n) is 32.3. The van der Waals surface area contributed by atoms with E-state index in [9.17, 15) is 0 Å². The molecule has 0 spiro atoms. The molecule has 4 aromatic carbocycles. The van der Waals surface area contributed by atoms with E-state index in [1.165, 1.54) is 180 Å². The van der Waals surface area contributed by atoms with Gasteiger partial charge in [0.05, 0.1) is 0 Å². The first-order valence-electron chi connectivity index (χ1n) is 21.5. The second-order valence-electron chi connectivity index (χ2n) is 15.5. The summed E-state index contributed by atoms with van der Waals surface area (Å²) in [5.74, 6) is 0. The van der Waals surface area contributed by atoms with E-state index in [1.54, 1.807) is 54.6 Å². The van der Waals surface area contributed by atoms with Gasteiger partial charge in [0.1, 0.15) is 0 Å². The summed E-state index contributed by atoms with van der Waals surface area (Å²) >= 11 is 0. The smallest absolute Gasteiger partial charge is 0.00211 e. The molecule has 0 amide bonds. The summed E-state index contributed by atoms with van der Waals surface area (Å²) in [6, 6.07) is 15.5. The third kappa shape index (κ3) is 11.5. The predicted octanol–water partition coefficient (Wildman–Crippen LogP) is 16.2. The lowest BCUT2D eigenvalue weighted by Gasteiger charge is -2.21. The molecule has 0 saturated heterocycles. The van der Waals surface area contributed by atoms with Gasteiger partial charge < -0.3 is 0 Å². The van der Waals surface area contributed by atoms with Crippen LogP contribution in [0.3, 0.4) is 0 Å². The minimum atomic E-state index is 1.24. The van der Waals surface area contributed by atoms with Gasteiger partial charge in [0, 0.05) is 0 Å². The average Bonchev–Trinajstić information content (AvgIpc) is 3.11. The summed E-state index contributed by atoms with van der Waals surface area (Å²) < 4.78 is 0. The highest BCUT2D eigenvalue weighted by atomic mass is 14.2. The molecule has 0 fully saturated rings. The number of unbranched alkanes of at least 4 members (excludes halogenated alkanes) is 20. The van der Waals surface area contributed by atoms with E-state index >= 15 is 0 Å². The molecule has 0 heterocycles. The normalized spacial score (nSPS) is 12.0. The Hall–Kier alpha value is -2.08. The van der Waals surface area contributed by atoms with Gasteiger partial charge in [-0.1, -0.05) is 193 Å². The molecule has 0 nitrogen and oxygen atoms in total. The van der Waals surface area contributed by atoms with E-state index in [0.717, 1.165) is 0 Å². The molecule has 0 unspecified atom stereocenters. The third-order valence-electron chi connectivity index (χ3n) is 11.4. The van der Waals surface area contributed by atoms with E-state index in [1.807, 2.05) is 0 Å². The van der Waals surface area contributed by atoms with Gasteiger partial charge in [0.25, 0.3) is 0 Å². The standard InChI is InChI=1S/C48H74/c1-5-9-13-17-21-25-29-39-37-40(30-26-22-18-14-10-6-2)44-35-36-46-42(32-28-24-20-16-12-8-4)38-41(31-27-23-19-15-11-7-3)45-34-33-43(39)47(44)48(45)46/h33-38H,5-32H2,1-4H3. The van der Waals surface area contributed by atoms with Crippen molar-refractivity contribution in [2.45, 2.75) is 207 Å². The van der Waals surface area contributed by atoms with Gasteiger partial charge in [-0.05, 0) is 106 Å². The van der Waals surface area contributed by atoms with E-state index in [0.29, 0.717) is 0 Å². The van der Waals surface area contributed by atoms with Crippen molar-refractivity contribution in [2.75, 3.05) is 0 Å². The Balaban J connectivity index is 1.71. The number of hydrogen-bond acceptors (Lipinski definition) is 0. The fourth-order valence-electron chi connectivity index (χ4n) is 8.51. The van der Waals surface area contributed by atoms with Gasteiger partial charge in [0.15, 0.2) is 0 Å². The predicted molar refractivity (Wildman–Crippen MR) is 218 cm³/mol. The van der Waals surface area contributed by atoms with Crippen molar-refractivity contribution in [1.82, 2.24) is 0 Å². The van der Waals surface area contributed by atoms with E-state index in [4.69, 9.17) is 0 Å². The maximum Gasteiger partial charge on any atom is -0.00211 e.